The van der Waals surface area contributed by atoms with E-state index in [0.717, 1.165) is 11.3 Å². The zero-order chi connectivity index (χ0) is 13.0. The highest BCUT2D eigenvalue weighted by molar-refractivity contribution is 6.30. The average molecular weight is 263 g/mol. The first-order valence-corrected chi connectivity index (χ1v) is 5.84. The second kappa shape index (κ2) is 5.69. The maximum absolute atomic E-state index is 14.0. The molecule has 3 heteroatoms. The molecule has 0 atom stereocenters. The van der Waals surface area contributed by atoms with E-state index in [1.807, 2.05) is 0 Å². The molecule has 0 heterocycles. The lowest BCUT2D eigenvalue weighted by molar-refractivity contribution is 0.415. The molecule has 2 aromatic carbocycles. The Hall–Kier alpha value is -1.80. The van der Waals surface area contributed by atoms with Crippen molar-refractivity contribution in [2.75, 3.05) is 7.11 Å². The number of ether oxygens (including phenoxy) is 1. The largest absolute Gasteiger partial charge is 0.497 e. The van der Waals surface area contributed by atoms with E-state index in [1.54, 1.807) is 55.6 Å². The van der Waals surface area contributed by atoms with Gasteiger partial charge in [-0.15, -0.1) is 0 Å². The summed E-state index contributed by atoms with van der Waals surface area (Å²) in [7, 11) is 1.59. The minimum atomic E-state index is -0.317. The van der Waals surface area contributed by atoms with Gasteiger partial charge in [-0.3, -0.25) is 0 Å². The Kier molecular flexibility index (Phi) is 4.00. The molecule has 0 radical (unpaired) electrons. The molecule has 92 valence electrons. The van der Waals surface area contributed by atoms with Crippen LogP contribution >= 0.6 is 11.6 Å². The SMILES string of the molecule is COc1ccc(/C=C(/F)c2cccc(Cl)c2)cc1. The summed E-state index contributed by atoms with van der Waals surface area (Å²) < 4.78 is 19.0. The molecule has 2 aromatic rings. The highest BCUT2D eigenvalue weighted by Crippen LogP contribution is 2.23. The Morgan fingerprint density at radius 2 is 1.89 bits per heavy atom. The van der Waals surface area contributed by atoms with Gasteiger partial charge in [0.25, 0.3) is 0 Å². The first-order chi connectivity index (χ1) is 8.69. The van der Waals surface area contributed by atoms with E-state index < -0.39 is 0 Å². The van der Waals surface area contributed by atoms with E-state index in [2.05, 4.69) is 0 Å². The van der Waals surface area contributed by atoms with Crippen LogP contribution in [0.5, 0.6) is 5.75 Å². The van der Waals surface area contributed by atoms with Gasteiger partial charge >= 0.3 is 0 Å². The van der Waals surface area contributed by atoms with Crippen LogP contribution in [0.3, 0.4) is 0 Å². The van der Waals surface area contributed by atoms with Gasteiger partial charge in [-0.05, 0) is 35.9 Å². The van der Waals surface area contributed by atoms with Crippen LogP contribution < -0.4 is 4.74 Å². The second-order valence-corrected chi connectivity index (χ2v) is 4.21. The second-order valence-electron chi connectivity index (χ2n) is 3.78. The molecule has 0 saturated heterocycles. The Balaban J connectivity index is 2.26. The maximum Gasteiger partial charge on any atom is 0.131 e. The number of methoxy groups -OCH3 is 1. The summed E-state index contributed by atoms with van der Waals surface area (Å²) in [4.78, 5) is 0. The van der Waals surface area contributed by atoms with Crippen LogP contribution in [0.1, 0.15) is 11.1 Å². The van der Waals surface area contributed by atoms with Crippen molar-refractivity contribution in [1.82, 2.24) is 0 Å². The highest BCUT2D eigenvalue weighted by Gasteiger charge is 2.01. The van der Waals surface area contributed by atoms with Gasteiger partial charge in [0.1, 0.15) is 11.6 Å². The molecular formula is C15H12ClFO. The number of benzene rings is 2. The lowest BCUT2D eigenvalue weighted by Crippen LogP contribution is -1.82. The van der Waals surface area contributed by atoms with Crippen LogP contribution in [0.4, 0.5) is 4.39 Å². The standard InChI is InChI=1S/C15H12ClFO/c1-18-14-7-5-11(6-8-14)9-15(17)12-3-2-4-13(16)10-12/h2-10H,1H3/b15-9+. The van der Waals surface area contributed by atoms with Gasteiger partial charge in [0.2, 0.25) is 0 Å². The third kappa shape index (κ3) is 3.11. The Labute approximate surface area is 110 Å². The van der Waals surface area contributed by atoms with Crippen molar-refractivity contribution in [2.24, 2.45) is 0 Å². The van der Waals surface area contributed by atoms with Crippen molar-refractivity contribution in [3.05, 3.63) is 64.7 Å². The maximum atomic E-state index is 14.0. The molecule has 0 aliphatic heterocycles. The third-order valence-electron chi connectivity index (χ3n) is 2.51. The van der Waals surface area contributed by atoms with Gasteiger partial charge in [0.15, 0.2) is 0 Å². The van der Waals surface area contributed by atoms with Crippen molar-refractivity contribution in [3.8, 4) is 5.75 Å². The van der Waals surface area contributed by atoms with Gasteiger partial charge < -0.3 is 4.74 Å². The predicted octanol–water partition coefficient (Wildman–Crippen LogP) is 4.82. The zero-order valence-corrected chi connectivity index (χ0v) is 10.6. The summed E-state index contributed by atoms with van der Waals surface area (Å²) in [5, 5.41) is 0.519. The molecule has 0 N–H and O–H groups in total. The fourth-order valence-electron chi connectivity index (χ4n) is 1.57. The molecule has 18 heavy (non-hydrogen) atoms. The van der Waals surface area contributed by atoms with Crippen molar-refractivity contribution in [1.29, 1.82) is 0 Å². The molecular weight excluding hydrogens is 251 g/mol. The summed E-state index contributed by atoms with van der Waals surface area (Å²) in [5.74, 6) is 0.429. The molecule has 0 fully saturated rings. The Bertz CT molecular complexity index is 561. The van der Waals surface area contributed by atoms with Crippen LogP contribution in [0, 0.1) is 0 Å². The lowest BCUT2D eigenvalue weighted by Gasteiger charge is -2.01. The fraction of sp³-hybridized carbons (Fsp3) is 0.0667. The fourth-order valence-corrected chi connectivity index (χ4v) is 1.76. The van der Waals surface area contributed by atoms with E-state index in [-0.39, 0.29) is 5.83 Å². The summed E-state index contributed by atoms with van der Waals surface area (Å²) in [6.07, 6.45) is 1.46. The van der Waals surface area contributed by atoms with Gasteiger partial charge in [0, 0.05) is 10.6 Å². The molecule has 0 bridgehead atoms. The molecule has 0 saturated carbocycles. The van der Waals surface area contributed by atoms with Crippen molar-refractivity contribution >= 4 is 23.5 Å². The normalized spacial score (nSPS) is 11.4. The summed E-state index contributed by atoms with van der Waals surface area (Å²) in [6.45, 7) is 0. The van der Waals surface area contributed by atoms with Crippen LogP contribution in [-0.2, 0) is 0 Å². The highest BCUT2D eigenvalue weighted by atomic mass is 35.5. The van der Waals surface area contributed by atoms with E-state index in [4.69, 9.17) is 16.3 Å². The number of hydrogen-bond donors (Lipinski definition) is 0. The van der Waals surface area contributed by atoms with E-state index >= 15 is 0 Å². The Morgan fingerprint density at radius 3 is 2.50 bits per heavy atom. The molecule has 0 aliphatic rings. The molecule has 1 nitrogen and oxygen atoms in total. The number of hydrogen-bond acceptors (Lipinski definition) is 1. The predicted molar refractivity (Wildman–Crippen MR) is 73.4 cm³/mol. The van der Waals surface area contributed by atoms with Crippen LogP contribution in [-0.4, -0.2) is 7.11 Å². The molecule has 0 amide bonds. The van der Waals surface area contributed by atoms with Crippen molar-refractivity contribution in [2.45, 2.75) is 0 Å². The molecule has 0 aromatic heterocycles. The minimum Gasteiger partial charge on any atom is -0.497 e. The van der Waals surface area contributed by atoms with E-state index in [0.29, 0.717) is 10.6 Å². The topological polar surface area (TPSA) is 9.23 Å². The van der Waals surface area contributed by atoms with Crippen LogP contribution in [0.15, 0.2) is 48.5 Å². The van der Waals surface area contributed by atoms with Gasteiger partial charge in [-0.2, -0.15) is 0 Å². The van der Waals surface area contributed by atoms with E-state index in [1.165, 1.54) is 6.08 Å². The van der Waals surface area contributed by atoms with Crippen molar-refractivity contribution in [3.63, 3.8) is 0 Å². The monoisotopic (exact) mass is 262 g/mol. The third-order valence-corrected chi connectivity index (χ3v) is 2.74. The van der Waals surface area contributed by atoms with Crippen LogP contribution in [0.2, 0.25) is 5.02 Å². The minimum absolute atomic E-state index is 0.317. The summed E-state index contributed by atoms with van der Waals surface area (Å²) >= 11 is 5.82. The molecule has 0 unspecified atom stereocenters. The molecule has 0 spiro atoms. The van der Waals surface area contributed by atoms with Gasteiger partial charge in [-0.25, -0.2) is 4.39 Å². The zero-order valence-electron chi connectivity index (χ0n) is 9.86. The van der Waals surface area contributed by atoms with E-state index in [9.17, 15) is 4.39 Å². The Morgan fingerprint density at radius 1 is 1.17 bits per heavy atom. The molecule has 2 rings (SSSR count). The summed E-state index contributed by atoms with van der Waals surface area (Å²) in [6, 6.07) is 13.9. The number of rotatable bonds is 3. The van der Waals surface area contributed by atoms with Gasteiger partial charge in [0.05, 0.1) is 7.11 Å². The van der Waals surface area contributed by atoms with Crippen LogP contribution in [0.25, 0.3) is 11.9 Å². The first-order valence-electron chi connectivity index (χ1n) is 5.46. The van der Waals surface area contributed by atoms with Gasteiger partial charge in [-0.1, -0.05) is 35.9 Å². The molecule has 0 aliphatic carbocycles. The quantitative estimate of drug-likeness (QED) is 0.721. The van der Waals surface area contributed by atoms with Crippen molar-refractivity contribution < 1.29 is 9.13 Å². The first kappa shape index (κ1) is 12.7. The average Bonchev–Trinajstić information content (AvgIpc) is 2.39. The number of halogens is 2. The lowest BCUT2D eigenvalue weighted by atomic mass is 10.1. The smallest absolute Gasteiger partial charge is 0.131 e. The summed E-state index contributed by atoms with van der Waals surface area (Å²) in [5.41, 5.74) is 1.24.